The molecule has 2 N–H and O–H groups in total. The summed E-state index contributed by atoms with van der Waals surface area (Å²) in [5.74, 6) is 0. The standard InChI is InChI=1S/C10H21NS2/c11-10(13)7-5-3-1-2-4-6-9(12)8-10/h9,12-13H,1-8,11H2. The van der Waals surface area contributed by atoms with Crippen molar-refractivity contribution >= 4 is 25.3 Å². The SMILES string of the molecule is NC1(S)CCCCCCCC(S)C1. The van der Waals surface area contributed by atoms with Crippen LogP contribution in [0.1, 0.15) is 51.4 Å². The first-order valence-electron chi connectivity index (χ1n) is 5.29. The molecule has 2 atom stereocenters. The van der Waals surface area contributed by atoms with Crippen LogP contribution in [0, 0.1) is 0 Å². The Morgan fingerprint density at radius 2 is 1.69 bits per heavy atom. The Labute approximate surface area is 92.7 Å². The van der Waals surface area contributed by atoms with Gasteiger partial charge in [-0.1, -0.05) is 32.1 Å². The monoisotopic (exact) mass is 219 g/mol. The molecule has 0 saturated heterocycles. The molecule has 0 aromatic carbocycles. The average molecular weight is 219 g/mol. The summed E-state index contributed by atoms with van der Waals surface area (Å²) < 4.78 is 0. The largest absolute Gasteiger partial charge is 0.317 e. The number of hydrogen-bond acceptors (Lipinski definition) is 3. The minimum absolute atomic E-state index is 0.274. The first-order valence-corrected chi connectivity index (χ1v) is 6.26. The van der Waals surface area contributed by atoms with Gasteiger partial charge in [-0.25, -0.2) is 0 Å². The van der Waals surface area contributed by atoms with Gasteiger partial charge in [-0.15, -0.1) is 0 Å². The van der Waals surface area contributed by atoms with Crippen LogP contribution in [-0.4, -0.2) is 10.1 Å². The highest BCUT2D eigenvalue weighted by Gasteiger charge is 2.23. The van der Waals surface area contributed by atoms with Crippen molar-refractivity contribution in [2.24, 2.45) is 5.73 Å². The Morgan fingerprint density at radius 3 is 2.46 bits per heavy atom. The smallest absolute Gasteiger partial charge is 0.0601 e. The molecule has 1 aliphatic carbocycles. The zero-order valence-electron chi connectivity index (χ0n) is 8.21. The van der Waals surface area contributed by atoms with Gasteiger partial charge in [-0.05, 0) is 19.3 Å². The van der Waals surface area contributed by atoms with Crippen LogP contribution < -0.4 is 5.73 Å². The van der Waals surface area contributed by atoms with E-state index in [1.165, 1.54) is 38.5 Å². The van der Waals surface area contributed by atoms with Crippen LogP contribution in [0.2, 0.25) is 0 Å². The fraction of sp³-hybridized carbons (Fsp3) is 1.00. The lowest BCUT2D eigenvalue weighted by Crippen LogP contribution is -2.36. The minimum atomic E-state index is -0.274. The van der Waals surface area contributed by atoms with Crippen molar-refractivity contribution in [1.82, 2.24) is 0 Å². The van der Waals surface area contributed by atoms with Crippen molar-refractivity contribution in [1.29, 1.82) is 0 Å². The Hall–Kier alpha value is 0.660. The lowest BCUT2D eigenvalue weighted by atomic mass is 9.97. The molecule has 1 fully saturated rings. The Balaban J connectivity index is 2.40. The average Bonchev–Trinajstić information content (AvgIpc) is 2.01. The second kappa shape index (κ2) is 5.52. The van der Waals surface area contributed by atoms with Crippen molar-refractivity contribution in [3.63, 3.8) is 0 Å². The Bertz CT molecular complexity index is 148. The first-order chi connectivity index (χ1) is 6.10. The molecule has 2 unspecified atom stereocenters. The molecule has 0 bridgehead atoms. The highest BCUT2D eigenvalue weighted by atomic mass is 32.1. The van der Waals surface area contributed by atoms with E-state index in [1.807, 2.05) is 0 Å². The maximum absolute atomic E-state index is 6.07. The molecule has 0 spiro atoms. The van der Waals surface area contributed by atoms with E-state index in [2.05, 4.69) is 25.3 Å². The van der Waals surface area contributed by atoms with Crippen molar-refractivity contribution in [2.75, 3.05) is 0 Å². The van der Waals surface area contributed by atoms with E-state index in [9.17, 15) is 0 Å². The van der Waals surface area contributed by atoms with Crippen LogP contribution in [0.5, 0.6) is 0 Å². The normalized spacial score (nSPS) is 38.5. The van der Waals surface area contributed by atoms with E-state index < -0.39 is 0 Å². The third-order valence-corrected chi connectivity index (χ3v) is 3.58. The van der Waals surface area contributed by atoms with Gasteiger partial charge >= 0.3 is 0 Å². The van der Waals surface area contributed by atoms with E-state index in [4.69, 9.17) is 5.73 Å². The molecule has 1 nitrogen and oxygen atoms in total. The summed E-state index contributed by atoms with van der Waals surface area (Å²) in [5, 5.41) is 0.445. The van der Waals surface area contributed by atoms with Gasteiger partial charge in [0.2, 0.25) is 0 Å². The maximum atomic E-state index is 6.07. The highest BCUT2D eigenvalue weighted by Crippen LogP contribution is 2.28. The molecule has 0 aromatic rings. The van der Waals surface area contributed by atoms with E-state index in [1.54, 1.807) is 0 Å². The lowest BCUT2D eigenvalue weighted by molar-refractivity contribution is 0.442. The molecule has 0 aliphatic heterocycles. The zero-order valence-corrected chi connectivity index (χ0v) is 9.99. The predicted molar refractivity (Wildman–Crippen MR) is 65.6 cm³/mol. The van der Waals surface area contributed by atoms with Crippen LogP contribution >= 0.6 is 25.3 Å². The summed E-state index contributed by atoms with van der Waals surface area (Å²) in [6.45, 7) is 0. The summed E-state index contributed by atoms with van der Waals surface area (Å²) in [6, 6.07) is 0. The van der Waals surface area contributed by atoms with E-state index in [0.29, 0.717) is 5.25 Å². The summed E-state index contributed by atoms with van der Waals surface area (Å²) in [6.07, 6.45) is 9.73. The molecule has 0 heterocycles. The molecule has 78 valence electrons. The molecule has 0 aromatic heterocycles. The zero-order chi connectivity index (χ0) is 9.73. The second-order valence-corrected chi connectivity index (χ2v) is 5.89. The lowest BCUT2D eigenvalue weighted by Gasteiger charge is -2.27. The number of thiol groups is 2. The number of nitrogens with two attached hydrogens (primary N) is 1. The van der Waals surface area contributed by atoms with Crippen molar-refractivity contribution < 1.29 is 0 Å². The van der Waals surface area contributed by atoms with Gasteiger partial charge in [0.05, 0.1) is 4.87 Å². The van der Waals surface area contributed by atoms with Crippen LogP contribution in [0.3, 0.4) is 0 Å². The third kappa shape index (κ3) is 5.18. The predicted octanol–water partition coefficient (Wildman–Crippen LogP) is 3.00. The summed E-state index contributed by atoms with van der Waals surface area (Å²) in [5.41, 5.74) is 6.07. The van der Waals surface area contributed by atoms with E-state index in [0.717, 1.165) is 12.8 Å². The van der Waals surface area contributed by atoms with Crippen molar-refractivity contribution in [3.8, 4) is 0 Å². The van der Waals surface area contributed by atoms with Crippen molar-refractivity contribution in [3.05, 3.63) is 0 Å². The highest BCUT2D eigenvalue weighted by molar-refractivity contribution is 7.82. The molecule has 1 rings (SSSR count). The Morgan fingerprint density at radius 1 is 1.08 bits per heavy atom. The maximum Gasteiger partial charge on any atom is 0.0601 e. The van der Waals surface area contributed by atoms with Gasteiger partial charge in [0.25, 0.3) is 0 Å². The summed E-state index contributed by atoms with van der Waals surface area (Å²) in [7, 11) is 0. The van der Waals surface area contributed by atoms with Gasteiger partial charge < -0.3 is 5.73 Å². The molecule has 0 amide bonds. The fourth-order valence-corrected chi connectivity index (χ4v) is 2.98. The van der Waals surface area contributed by atoms with Crippen molar-refractivity contribution in [2.45, 2.75) is 61.5 Å². The second-order valence-electron chi connectivity index (χ2n) is 4.27. The Kier molecular flexibility index (Phi) is 4.98. The van der Waals surface area contributed by atoms with Crippen LogP contribution in [-0.2, 0) is 0 Å². The molecule has 0 radical (unpaired) electrons. The van der Waals surface area contributed by atoms with Gasteiger partial charge in [-0.2, -0.15) is 25.3 Å². The molecule has 1 aliphatic rings. The molecule has 1 saturated carbocycles. The quantitative estimate of drug-likeness (QED) is 0.424. The van der Waals surface area contributed by atoms with Crippen LogP contribution in [0.25, 0.3) is 0 Å². The molecule has 13 heavy (non-hydrogen) atoms. The fourth-order valence-electron chi connectivity index (χ4n) is 1.95. The molecular formula is C10H21NS2. The number of hydrogen-bond donors (Lipinski definition) is 3. The topological polar surface area (TPSA) is 26.0 Å². The van der Waals surface area contributed by atoms with Gasteiger partial charge in [-0.3, -0.25) is 0 Å². The molecule has 3 heteroatoms. The van der Waals surface area contributed by atoms with E-state index >= 15 is 0 Å². The van der Waals surface area contributed by atoms with Crippen LogP contribution in [0.4, 0.5) is 0 Å². The summed E-state index contributed by atoms with van der Waals surface area (Å²) in [4.78, 5) is -0.274. The van der Waals surface area contributed by atoms with Gasteiger partial charge in [0.15, 0.2) is 0 Å². The molecular weight excluding hydrogens is 198 g/mol. The number of rotatable bonds is 0. The minimum Gasteiger partial charge on any atom is -0.317 e. The first kappa shape index (κ1) is 11.7. The van der Waals surface area contributed by atoms with E-state index in [-0.39, 0.29) is 4.87 Å². The van der Waals surface area contributed by atoms with Gasteiger partial charge in [0, 0.05) is 5.25 Å². The van der Waals surface area contributed by atoms with Crippen LogP contribution in [0.15, 0.2) is 0 Å². The summed E-state index contributed by atoms with van der Waals surface area (Å²) >= 11 is 9.05. The third-order valence-electron chi connectivity index (χ3n) is 2.74. The van der Waals surface area contributed by atoms with Gasteiger partial charge in [0.1, 0.15) is 0 Å².